The number of hydrogen-bond acceptors (Lipinski definition) is 4. The van der Waals surface area contributed by atoms with Gasteiger partial charge < -0.3 is 10.2 Å². The van der Waals surface area contributed by atoms with Gasteiger partial charge in [0, 0.05) is 25.6 Å². The first kappa shape index (κ1) is 29.4. The van der Waals surface area contributed by atoms with Crippen molar-refractivity contribution in [3.05, 3.63) is 64.7 Å². The SMILES string of the molecule is CC[C@H](C(=O)NC(C)C)N(Cc1ccccc1C)C(=O)CCCN(c1cc(C)cc(C)c1)S(C)(=O)=O. The third-order valence-electron chi connectivity index (χ3n) is 6.07. The summed E-state index contributed by atoms with van der Waals surface area (Å²) in [7, 11) is -3.53. The molecule has 2 amide bonds. The van der Waals surface area contributed by atoms with Crippen molar-refractivity contribution in [1.29, 1.82) is 0 Å². The summed E-state index contributed by atoms with van der Waals surface area (Å²) in [5.74, 6) is -0.347. The van der Waals surface area contributed by atoms with Crippen LogP contribution in [0.5, 0.6) is 0 Å². The molecule has 2 aromatic rings. The van der Waals surface area contributed by atoms with E-state index < -0.39 is 16.1 Å². The number of aryl methyl sites for hydroxylation is 3. The van der Waals surface area contributed by atoms with Gasteiger partial charge in [-0.1, -0.05) is 37.3 Å². The average molecular weight is 516 g/mol. The highest BCUT2D eigenvalue weighted by atomic mass is 32.2. The van der Waals surface area contributed by atoms with Crippen molar-refractivity contribution in [3.63, 3.8) is 0 Å². The molecule has 0 bridgehead atoms. The van der Waals surface area contributed by atoms with Crippen molar-refractivity contribution in [2.75, 3.05) is 17.1 Å². The summed E-state index contributed by atoms with van der Waals surface area (Å²) in [5.41, 5.74) is 4.58. The Labute approximate surface area is 216 Å². The average Bonchev–Trinajstić information content (AvgIpc) is 2.75. The predicted molar refractivity (Wildman–Crippen MR) is 146 cm³/mol. The topological polar surface area (TPSA) is 86.8 Å². The molecule has 1 atom stereocenters. The number of benzene rings is 2. The Balaban J connectivity index is 2.25. The molecule has 0 fully saturated rings. The lowest BCUT2D eigenvalue weighted by Crippen LogP contribution is -2.50. The maximum Gasteiger partial charge on any atom is 0.243 e. The summed E-state index contributed by atoms with van der Waals surface area (Å²) in [6.07, 6.45) is 2.13. The molecule has 198 valence electrons. The summed E-state index contributed by atoms with van der Waals surface area (Å²) in [5, 5.41) is 2.94. The standard InChI is InChI=1S/C28H41N3O4S/c1-8-26(28(33)29-20(2)3)30(19-24-13-10-9-12-23(24)6)27(32)14-11-15-31(36(7,34)35)25-17-21(4)16-22(5)18-25/h9-10,12-13,16-18,20,26H,8,11,14-15,19H2,1-7H3,(H,29,33)/t26-/m1/s1. The minimum atomic E-state index is -3.53. The monoisotopic (exact) mass is 515 g/mol. The molecule has 0 aliphatic carbocycles. The zero-order valence-electron chi connectivity index (χ0n) is 22.7. The van der Waals surface area contributed by atoms with Gasteiger partial charge in [-0.3, -0.25) is 13.9 Å². The molecule has 0 saturated heterocycles. The van der Waals surface area contributed by atoms with Gasteiger partial charge in [0.05, 0.1) is 11.9 Å². The highest BCUT2D eigenvalue weighted by molar-refractivity contribution is 7.92. The second-order valence-electron chi connectivity index (χ2n) is 9.82. The van der Waals surface area contributed by atoms with E-state index in [2.05, 4.69) is 5.32 Å². The van der Waals surface area contributed by atoms with Crippen LogP contribution in [0.15, 0.2) is 42.5 Å². The second-order valence-corrected chi connectivity index (χ2v) is 11.7. The van der Waals surface area contributed by atoms with Crippen LogP contribution in [0.2, 0.25) is 0 Å². The number of carbonyl (C=O) groups excluding carboxylic acids is 2. The summed E-state index contributed by atoms with van der Waals surface area (Å²) < 4.78 is 26.5. The molecular weight excluding hydrogens is 474 g/mol. The zero-order valence-corrected chi connectivity index (χ0v) is 23.5. The van der Waals surface area contributed by atoms with Crippen molar-refractivity contribution < 1.29 is 18.0 Å². The van der Waals surface area contributed by atoms with Crippen molar-refractivity contribution in [1.82, 2.24) is 10.2 Å². The van der Waals surface area contributed by atoms with Crippen LogP contribution in [0.25, 0.3) is 0 Å². The molecule has 0 saturated carbocycles. The molecule has 2 rings (SSSR count). The summed E-state index contributed by atoms with van der Waals surface area (Å²) in [4.78, 5) is 28.1. The highest BCUT2D eigenvalue weighted by Crippen LogP contribution is 2.23. The Morgan fingerprint density at radius 1 is 1.00 bits per heavy atom. The number of nitrogens with zero attached hydrogens (tertiary/aromatic N) is 2. The Kier molecular flexibility index (Phi) is 10.5. The van der Waals surface area contributed by atoms with Gasteiger partial charge in [0.25, 0.3) is 0 Å². The van der Waals surface area contributed by atoms with Crippen LogP contribution >= 0.6 is 0 Å². The van der Waals surface area contributed by atoms with E-state index in [-0.39, 0.29) is 30.8 Å². The third kappa shape index (κ3) is 8.36. The number of rotatable bonds is 12. The Morgan fingerprint density at radius 3 is 2.14 bits per heavy atom. The van der Waals surface area contributed by atoms with Crippen molar-refractivity contribution >= 4 is 27.5 Å². The minimum Gasteiger partial charge on any atom is -0.352 e. The van der Waals surface area contributed by atoms with Crippen LogP contribution in [0.4, 0.5) is 5.69 Å². The van der Waals surface area contributed by atoms with Crippen molar-refractivity contribution in [2.45, 2.75) is 79.4 Å². The van der Waals surface area contributed by atoms with Crippen LogP contribution in [0.1, 0.15) is 62.3 Å². The number of carbonyl (C=O) groups is 2. The van der Waals surface area contributed by atoms with Gasteiger partial charge in [0.1, 0.15) is 6.04 Å². The number of nitrogens with one attached hydrogen (secondary N) is 1. The van der Waals surface area contributed by atoms with Crippen LogP contribution in [-0.4, -0.2) is 50.0 Å². The lowest BCUT2D eigenvalue weighted by atomic mass is 10.0. The number of sulfonamides is 1. The first-order valence-corrected chi connectivity index (χ1v) is 14.4. The molecule has 0 unspecified atom stereocenters. The Bertz CT molecular complexity index is 1140. The molecule has 8 heteroatoms. The van der Waals surface area contributed by atoms with E-state index in [1.165, 1.54) is 10.6 Å². The lowest BCUT2D eigenvalue weighted by molar-refractivity contribution is -0.141. The smallest absolute Gasteiger partial charge is 0.243 e. The van der Waals surface area contributed by atoms with E-state index in [0.717, 1.165) is 22.3 Å². The molecule has 2 aromatic carbocycles. The number of amides is 2. The Morgan fingerprint density at radius 2 is 1.61 bits per heavy atom. The first-order valence-electron chi connectivity index (χ1n) is 12.5. The lowest BCUT2D eigenvalue weighted by Gasteiger charge is -2.32. The van der Waals surface area contributed by atoms with Gasteiger partial charge in [-0.05, 0) is 81.8 Å². The van der Waals surface area contributed by atoms with Crippen LogP contribution in [0.3, 0.4) is 0 Å². The predicted octanol–water partition coefficient (Wildman–Crippen LogP) is 4.49. The summed E-state index contributed by atoms with van der Waals surface area (Å²) in [6.45, 7) is 12.0. The van der Waals surface area contributed by atoms with E-state index in [0.29, 0.717) is 25.1 Å². The largest absolute Gasteiger partial charge is 0.352 e. The van der Waals surface area contributed by atoms with Gasteiger partial charge in [0.2, 0.25) is 21.8 Å². The molecule has 0 aromatic heterocycles. The maximum atomic E-state index is 13.5. The van der Waals surface area contributed by atoms with Gasteiger partial charge in [-0.2, -0.15) is 0 Å². The fraction of sp³-hybridized carbons (Fsp3) is 0.500. The van der Waals surface area contributed by atoms with Gasteiger partial charge in [-0.15, -0.1) is 0 Å². The van der Waals surface area contributed by atoms with E-state index in [9.17, 15) is 18.0 Å². The van der Waals surface area contributed by atoms with Crippen molar-refractivity contribution in [2.24, 2.45) is 0 Å². The van der Waals surface area contributed by atoms with Crippen LogP contribution in [0, 0.1) is 20.8 Å². The summed E-state index contributed by atoms with van der Waals surface area (Å²) in [6, 6.07) is 12.8. The third-order valence-corrected chi connectivity index (χ3v) is 7.26. The highest BCUT2D eigenvalue weighted by Gasteiger charge is 2.29. The molecule has 0 aliphatic heterocycles. The molecule has 1 N–H and O–H groups in total. The molecular formula is C28H41N3O4S. The summed E-state index contributed by atoms with van der Waals surface area (Å²) >= 11 is 0. The number of hydrogen-bond donors (Lipinski definition) is 1. The quantitative estimate of drug-likeness (QED) is 0.451. The molecule has 0 heterocycles. The molecule has 0 spiro atoms. The fourth-order valence-corrected chi connectivity index (χ4v) is 5.32. The molecule has 0 radical (unpaired) electrons. The first-order chi connectivity index (χ1) is 16.8. The number of anilines is 1. The Hall–Kier alpha value is -2.87. The van der Waals surface area contributed by atoms with Crippen LogP contribution < -0.4 is 9.62 Å². The molecule has 7 nitrogen and oxygen atoms in total. The maximum absolute atomic E-state index is 13.5. The van der Waals surface area contributed by atoms with Crippen LogP contribution in [-0.2, 0) is 26.2 Å². The minimum absolute atomic E-state index is 0.0388. The van der Waals surface area contributed by atoms with Crippen molar-refractivity contribution in [3.8, 4) is 0 Å². The van der Waals surface area contributed by atoms with E-state index in [1.807, 2.05) is 84.0 Å². The molecule has 36 heavy (non-hydrogen) atoms. The van der Waals surface area contributed by atoms with E-state index in [1.54, 1.807) is 4.90 Å². The van der Waals surface area contributed by atoms with Gasteiger partial charge >= 0.3 is 0 Å². The fourth-order valence-electron chi connectivity index (χ4n) is 4.37. The normalized spacial score (nSPS) is 12.3. The van der Waals surface area contributed by atoms with E-state index >= 15 is 0 Å². The molecule has 0 aliphatic rings. The van der Waals surface area contributed by atoms with Gasteiger partial charge in [0.15, 0.2) is 0 Å². The van der Waals surface area contributed by atoms with Gasteiger partial charge in [-0.25, -0.2) is 8.42 Å². The zero-order chi connectivity index (χ0) is 27.0. The van der Waals surface area contributed by atoms with E-state index in [4.69, 9.17) is 0 Å². The second kappa shape index (κ2) is 12.9.